The maximum Gasteiger partial charge on any atom is 0.416 e. The third kappa shape index (κ3) is 12.0. The molecule has 0 aliphatic rings. The molecule has 1 aromatic rings. The van der Waals surface area contributed by atoms with E-state index in [0.717, 1.165) is 9.80 Å². The van der Waals surface area contributed by atoms with Crippen molar-refractivity contribution in [3.63, 3.8) is 0 Å². The Labute approximate surface area is 215 Å². The zero-order valence-corrected chi connectivity index (χ0v) is 19.8. The molecule has 0 radical (unpaired) electrons. The summed E-state index contributed by atoms with van der Waals surface area (Å²) in [6.07, 6.45) is -10.5. The van der Waals surface area contributed by atoms with Crippen LogP contribution in [0, 0.1) is 0 Å². The molecule has 39 heavy (non-hydrogen) atoms. The number of aliphatic carboxylic acids is 4. The van der Waals surface area contributed by atoms with Crippen molar-refractivity contribution >= 4 is 29.8 Å². The van der Waals surface area contributed by atoms with Gasteiger partial charge in [-0.25, -0.2) is 0 Å². The molecule has 0 fully saturated rings. The Morgan fingerprint density at radius 1 is 0.564 bits per heavy atom. The number of halogens is 6. The van der Waals surface area contributed by atoms with Crippen molar-refractivity contribution in [2.45, 2.75) is 12.4 Å². The highest BCUT2D eigenvalue weighted by atomic mass is 19.4. The highest BCUT2D eigenvalue weighted by Gasteiger charge is 2.38. The molecule has 0 aromatic heterocycles. The zero-order valence-electron chi connectivity index (χ0n) is 19.8. The Hall–Kier alpha value is -3.93. The topological polar surface area (TPSA) is 176 Å². The van der Waals surface area contributed by atoms with Gasteiger partial charge in [-0.05, 0) is 18.2 Å². The summed E-state index contributed by atoms with van der Waals surface area (Å²) in [5, 5.41) is 36.0. The standard InChI is InChI=1S/C21H23F6N3O9/c22-20(23,24)13-5-12(6-14(7-13)21(25,26)27)19(39)30(11-18(37)38)4-3-28(8-15(31)32)1-2-29(9-16(33)34)10-17(35)36/h5-7H,1-4,8-11H2,(H,31,32)(H,33,34)(H,35,36)(H,37,38). The SMILES string of the molecule is O=C(O)CN(CCN(CC(=O)O)CC(=O)O)CCN(CC(=O)O)C(=O)c1cc(C(F)(F)F)cc(C(F)(F)F)c1. The molecule has 12 nitrogen and oxygen atoms in total. The van der Waals surface area contributed by atoms with Crippen molar-refractivity contribution in [3.8, 4) is 0 Å². The largest absolute Gasteiger partial charge is 0.480 e. The number of carboxylic acids is 4. The number of amides is 1. The van der Waals surface area contributed by atoms with Crippen LogP contribution in [0.15, 0.2) is 18.2 Å². The predicted molar refractivity (Wildman–Crippen MR) is 116 cm³/mol. The molecule has 0 heterocycles. The van der Waals surface area contributed by atoms with E-state index in [1.165, 1.54) is 0 Å². The van der Waals surface area contributed by atoms with Gasteiger partial charge in [-0.3, -0.25) is 33.8 Å². The summed E-state index contributed by atoms with van der Waals surface area (Å²) < 4.78 is 79.0. The summed E-state index contributed by atoms with van der Waals surface area (Å²) in [6.45, 7) is -5.13. The van der Waals surface area contributed by atoms with Crippen molar-refractivity contribution < 1.29 is 70.7 Å². The summed E-state index contributed by atoms with van der Waals surface area (Å²) in [7, 11) is 0. The number of nitrogens with zero attached hydrogens (tertiary/aromatic N) is 3. The normalized spacial score (nSPS) is 12.0. The van der Waals surface area contributed by atoms with Gasteiger partial charge in [0.2, 0.25) is 0 Å². The van der Waals surface area contributed by atoms with Gasteiger partial charge in [0.1, 0.15) is 6.54 Å². The van der Waals surface area contributed by atoms with Gasteiger partial charge in [0.15, 0.2) is 0 Å². The monoisotopic (exact) mass is 575 g/mol. The fourth-order valence-corrected chi connectivity index (χ4v) is 3.28. The first kappa shape index (κ1) is 33.1. The van der Waals surface area contributed by atoms with Gasteiger partial charge in [-0.1, -0.05) is 0 Å². The number of hydrogen-bond acceptors (Lipinski definition) is 7. The molecule has 0 bridgehead atoms. The molecule has 0 saturated carbocycles. The van der Waals surface area contributed by atoms with Crippen LogP contribution >= 0.6 is 0 Å². The summed E-state index contributed by atoms with van der Waals surface area (Å²) in [5.41, 5.74) is -4.72. The molecule has 0 aliphatic heterocycles. The van der Waals surface area contributed by atoms with E-state index in [2.05, 4.69) is 0 Å². The van der Waals surface area contributed by atoms with Crippen LogP contribution in [0.4, 0.5) is 26.3 Å². The second-order valence-electron chi connectivity index (χ2n) is 8.08. The molecule has 1 rings (SSSR count). The molecule has 0 unspecified atom stereocenters. The van der Waals surface area contributed by atoms with Crippen molar-refractivity contribution in [2.24, 2.45) is 0 Å². The van der Waals surface area contributed by atoms with Crippen LogP contribution in [0.25, 0.3) is 0 Å². The Morgan fingerprint density at radius 3 is 1.31 bits per heavy atom. The fraction of sp³-hybridized carbons (Fsp3) is 0.476. The van der Waals surface area contributed by atoms with E-state index in [0.29, 0.717) is 4.90 Å². The molecule has 0 aliphatic carbocycles. The third-order valence-electron chi connectivity index (χ3n) is 4.94. The van der Waals surface area contributed by atoms with Crippen molar-refractivity contribution in [2.75, 3.05) is 52.4 Å². The number of benzene rings is 1. The molecule has 18 heteroatoms. The van der Waals surface area contributed by atoms with Crippen LogP contribution in [0.2, 0.25) is 0 Å². The molecular formula is C21H23F6N3O9. The van der Waals surface area contributed by atoms with Gasteiger partial charge < -0.3 is 25.3 Å². The summed E-state index contributed by atoms with van der Waals surface area (Å²) >= 11 is 0. The molecule has 1 aromatic carbocycles. The highest BCUT2D eigenvalue weighted by molar-refractivity contribution is 5.96. The lowest BCUT2D eigenvalue weighted by Crippen LogP contribution is -2.46. The van der Waals surface area contributed by atoms with Crippen molar-refractivity contribution in [3.05, 3.63) is 34.9 Å². The molecule has 218 valence electrons. The zero-order chi connectivity index (χ0) is 30.1. The minimum Gasteiger partial charge on any atom is -0.480 e. The van der Waals surface area contributed by atoms with Crippen LogP contribution in [0.5, 0.6) is 0 Å². The Balaban J connectivity index is 3.23. The van der Waals surface area contributed by atoms with E-state index in [4.69, 9.17) is 20.4 Å². The van der Waals surface area contributed by atoms with Gasteiger partial charge in [-0.2, -0.15) is 26.3 Å². The first-order chi connectivity index (χ1) is 17.8. The molecule has 0 saturated heterocycles. The number of carbonyl (C=O) groups is 5. The van der Waals surface area contributed by atoms with Gasteiger partial charge in [0, 0.05) is 31.7 Å². The lowest BCUT2D eigenvalue weighted by molar-refractivity contribution is -0.144. The van der Waals surface area contributed by atoms with Gasteiger partial charge in [0.05, 0.1) is 30.8 Å². The van der Waals surface area contributed by atoms with E-state index < -0.39 is 98.1 Å². The first-order valence-electron chi connectivity index (χ1n) is 10.7. The van der Waals surface area contributed by atoms with Gasteiger partial charge in [-0.15, -0.1) is 0 Å². The fourth-order valence-electron chi connectivity index (χ4n) is 3.28. The number of carbonyl (C=O) groups excluding carboxylic acids is 1. The number of alkyl halides is 6. The van der Waals surface area contributed by atoms with E-state index in [9.17, 15) is 50.3 Å². The number of rotatable bonds is 15. The van der Waals surface area contributed by atoms with Crippen molar-refractivity contribution in [1.82, 2.24) is 14.7 Å². The highest BCUT2D eigenvalue weighted by Crippen LogP contribution is 2.36. The van der Waals surface area contributed by atoms with E-state index in [1.807, 2.05) is 0 Å². The maximum atomic E-state index is 13.2. The molecule has 0 spiro atoms. The lowest BCUT2D eigenvalue weighted by Gasteiger charge is -2.28. The minimum atomic E-state index is -5.27. The van der Waals surface area contributed by atoms with Crippen LogP contribution in [0.3, 0.4) is 0 Å². The quantitative estimate of drug-likeness (QED) is 0.221. The Bertz CT molecular complexity index is 1030. The molecule has 1 amide bonds. The first-order valence-corrected chi connectivity index (χ1v) is 10.7. The predicted octanol–water partition coefficient (Wildman–Crippen LogP) is 1.11. The van der Waals surface area contributed by atoms with Crippen LogP contribution in [-0.2, 0) is 31.5 Å². The van der Waals surface area contributed by atoms with Crippen molar-refractivity contribution in [1.29, 1.82) is 0 Å². The Morgan fingerprint density at radius 2 is 0.923 bits per heavy atom. The van der Waals surface area contributed by atoms with E-state index in [-0.39, 0.29) is 31.3 Å². The second-order valence-corrected chi connectivity index (χ2v) is 8.08. The van der Waals surface area contributed by atoms with Gasteiger partial charge >= 0.3 is 36.2 Å². The minimum absolute atomic E-state index is 0.122. The second kappa shape index (κ2) is 13.7. The van der Waals surface area contributed by atoms with Crippen LogP contribution < -0.4 is 0 Å². The lowest BCUT2D eigenvalue weighted by atomic mass is 10.0. The third-order valence-corrected chi connectivity index (χ3v) is 4.94. The summed E-state index contributed by atoms with van der Waals surface area (Å²) in [5.74, 6) is -7.40. The molecule has 0 atom stereocenters. The summed E-state index contributed by atoms with van der Waals surface area (Å²) in [4.78, 5) is 59.6. The number of hydrogen-bond donors (Lipinski definition) is 4. The van der Waals surface area contributed by atoms with Crippen LogP contribution in [0.1, 0.15) is 21.5 Å². The molecule has 4 N–H and O–H groups in total. The average molecular weight is 575 g/mol. The number of carboxylic acid groups (broad SMARTS) is 4. The van der Waals surface area contributed by atoms with Gasteiger partial charge in [0.25, 0.3) is 5.91 Å². The Kier molecular flexibility index (Phi) is 11.7. The maximum absolute atomic E-state index is 13.2. The van der Waals surface area contributed by atoms with E-state index in [1.54, 1.807) is 0 Å². The molecular weight excluding hydrogens is 552 g/mol. The van der Waals surface area contributed by atoms with Crippen LogP contribution in [-0.4, -0.2) is 117 Å². The van der Waals surface area contributed by atoms with E-state index >= 15 is 0 Å². The average Bonchev–Trinajstić information content (AvgIpc) is 2.76. The summed E-state index contributed by atoms with van der Waals surface area (Å²) in [6, 6.07) is 0.0289. The smallest absolute Gasteiger partial charge is 0.416 e.